The highest BCUT2D eigenvalue weighted by Gasteiger charge is 2.59. The Morgan fingerprint density at radius 2 is 1.74 bits per heavy atom. The van der Waals surface area contributed by atoms with E-state index in [0.29, 0.717) is 18.6 Å². The summed E-state index contributed by atoms with van der Waals surface area (Å²) in [5.41, 5.74) is -3.87. The number of ether oxygens (including phenoxy) is 1. The fraction of sp³-hybridized carbons (Fsp3) is 0.421. The molecule has 27 heavy (non-hydrogen) atoms. The van der Waals surface area contributed by atoms with E-state index in [1.807, 2.05) is 0 Å². The minimum Gasteiger partial charge on any atom is -0.487 e. The Balaban J connectivity index is 2.23. The van der Waals surface area contributed by atoms with Gasteiger partial charge in [-0.2, -0.15) is 22.0 Å². The van der Waals surface area contributed by atoms with Crippen LogP contribution in [0.3, 0.4) is 0 Å². The number of aromatic nitrogens is 1. The first-order valence-electron chi connectivity index (χ1n) is 8.29. The SMILES string of the molecule is CC1(C)CCC(O)(c2ccccn2)c2cc(C(F)(F)C(F)(F)F)ccc2O1. The van der Waals surface area contributed by atoms with E-state index < -0.39 is 28.9 Å². The zero-order chi connectivity index (χ0) is 20.1. The first-order valence-corrected chi connectivity index (χ1v) is 8.29. The summed E-state index contributed by atoms with van der Waals surface area (Å²) in [5, 5.41) is 11.3. The summed E-state index contributed by atoms with van der Waals surface area (Å²) in [6.07, 6.45) is -3.96. The van der Waals surface area contributed by atoms with Crippen LogP contribution in [0.4, 0.5) is 22.0 Å². The van der Waals surface area contributed by atoms with Crippen molar-refractivity contribution in [3.63, 3.8) is 0 Å². The van der Waals surface area contributed by atoms with Gasteiger partial charge in [-0.05, 0) is 57.0 Å². The molecule has 0 spiro atoms. The standard InChI is InChI=1S/C19H18F5NO2/c1-16(2)8-9-17(26,15-5-3-4-10-25-15)13-11-12(6-7-14(13)27-16)18(20,21)19(22,23)24/h3-7,10-11,26H,8-9H2,1-2H3. The van der Waals surface area contributed by atoms with Gasteiger partial charge in [-0.25, -0.2) is 0 Å². The molecule has 1 aromatic heterocycles. The molecule has 1 aromatic carbocycles. The minimum atomic E-state index is -5.75. The normalized spacial score (nSPS) is 22.5. The Hall–Kier alpha value is -2.22. The molecule has 146 valence electrons. The van der Waals surface area contributed by atoms with Gasteiger partial charge in [0.25, 0.3) is 0 Å². The molecule has 8 heteroatoms. The van der Waals surface area contributed by atoms with Gasteiger partial charge < -0.3 is 9.84 Å². The van der Waals surface area contributed by atoms with E-state index >= 15 is 0 Å². The molecule has 2 aromatic rings. The Kier molecular flexibility index (Phi) is 4.45. The van der Waals surface area contributed by atoms with Crippen molar-refractivity contribution in [2.24, 2.45) is 0 Å². The lowest BCUT2D eigenvalue weighted by Gasteiger charge is -2.29. The van der Waals surface area contributed by atoms with Crippen molar-refractivity contribution in [2.75, 3.05) is 0 Å². The van der Waals surface area contributed by atoms with Crippen molar-refractivity contribution in [2.45, 2.75) is 50.0 Å². The number of aliphatic hydroxyl groups is 1. The molecule has 2 heterocycles. The number of halogens is 5. The van der Waals surface area contributed by atoms with Crippen LogP contribution in [0.15, 0.2) is 42.6 Å². The summed E-state index contributed by atoms with van der Waals surface area (Å²) in [5.74, 6) is -5.01. The van der Waals surface area contributed by atoms with Crippen LogP contribution in [-0.2, 0) is 11.5 Å². The van der Waals surface area contributed by atoms with E-state index in [4.69, 9.17) is 4.74 Å². The van der Waals surface area contributed by atoms with Gasteiger partial charge in [-0.15, -0.1) is 0 Å². The predicted molar refractivity (Wildman–Crippen MR) is 87.6 cm³/mol. The molecular formula is C19H18F5NO2. The van der Waals surface area contributed by atoms with Crippen molar-refractivity contribution in [1.29, 1.82) is 0 Å². The summed E-state index contributed by atoms with van der Waals surface area (Å²) in [4.78, 5) is 4.09. The number of benzene rings is 1. The number of pyridine rings is 1. The van der Waals surface area contributed by atoms with Crippen LogP contribution in [0.1, 0.15) is 43.5 Å². The largest absolute Gasteiger partial charge is 0.487 e. The zero-order valence-electron chi connectivity index (χ0n) is 14.6. The number of nitrogens with zero attached hydrogens (tertiary/aromatic N) is 1. The van der Waals surface area contributed by atoms with Gasteiger partial charge in [0.1, 0.15) is 17.0 Å². The van der Waals surface area contributed by atoms with Crippen molar-refractivity contribution in [1.82, 2.24) is 4.98 Å². The number of alkyl halides is 5. The maximum atomic E-state index is 13.9. The maximum absolute atomic E-state index is 13.9. The van der Waals surface area contributed by atoms with E-state index in [1.165, 1.54) is 12.3 Å². The second kappa shape index (κ2) is 6.15. The Morgan fingerprint density at radius 3 is 2.33 bits per heavy atom. The topological polar surface area (TPSA) is 42.4 Å². The minimum absolute atomic E-state index is 0.0467. The maximum Gasteiger partial charge on any atom is 0.458 e. The Bertz CT molecular complexity index is 836. The van der Waals surface area contributed by atoms with Crippen LogP contribution in [0.2, 0.25) is 0 Å². The number of fused-ring (bicyclic) bond motifs is 1. The monoisotopic (exact) mass is 387 g/mol. The molecule has 0 fully saturated rings. The van der Waals surface area contributed by atoms with Gasteiger partial charge in [0.05, 0.1) is 5.69 Å². The van der Waals surface area contributed by atoms with Crippen molar-refractivity contribution in [3.8, 4) is 5.75 Å². The molecule has 1 aliphatic heterocycles. The average molecular weight is 387 g/mol. The summed E-state index contributed by atoms with van der Waals surface area (Å²) in [6, 6.07) is 7.09. The number of rotatable bonds is 2. The van der Waals surface area contributed by atoms with Gasteiger partial charge >= 0.3 is 12.1 Å². The molecular weight excluding hydrogens is 369 g/mol. The molecule has 1 aliphatic rings. The van der Waals surface area contributed by atoms with E-state index in [0.717, 1.165) is 6.07 Å². The fourth-order valence-electron chi connectivity index (χ4n) is 3.14. The van der Waals surface area contributed by atoms with E-state index in [9.17, 15) is 27.1 Å². The van der Waals surface area contributed by atoms with E-state index in [-0.39, 0.29) is 23.4 Å². The second-order valence-electron chi connectivity index (χ2n) is 7.22. The molecule has 0 amide bonds. The molecule has 0 bridgehead atoms. The first-order chi connectivity index (χ1) is 12.4. The quantitative estimate of drug-likeness (QED) is 0.744. The third-order valence-corrected chi connectivity index (χ3v) is 4.71. The molecule has 0 radical (unpaired) electrons. The average Bonchev–Trinajstić information content (AvgIpc) is 2.69. The van der Waals surface area contributed by atoms with Gasteiger partial charge in [-0.3, -0.25) is 4.98 Å². The van der Waals surface area contributed by atoms with Crippen LogP contribution in [0.5, 0.6) is 5.75 Å². The molecule has 3 rings (SSSR count). The molecule has 0 saturated carbocycles. The van der Waals surface area contributed by atoms with Gasteiger partial charge in [0.15, 0.2) is 0 Å². The fourth-order valence-corrected chi connectivity index (χ4v) is 3.14. The predicted octanol–water partition coefficient (Wildman–Crippen LogP) is 4.92. The van der Waals surface area contributed by atoms with Crippen LogP contribution < -0.4 is 4.74 Å². The summed E-state index contributed by atoms with van der Waals surface area (Å²) in [6.45, 7) is 3.50. The Morgan fingerprint density at radius 1 is 1.04 bits per heavy atom. The zero-order valence-corrected chi connectivity index (χ0v) is 14.6. The lowest BCUT2D eigenvalue weighted by Crippen LogP contribution is -2.34. The molecule has 1 atom stereocenters. The summed E-state index contributed by atoms with van der Waals surface area (Å²) >= 11 is 0. The Labute approximate surface area is 152 Å². The third kappa shape index (κ3) is 3.38. The van der Waals surface area contributed by atoms with Gasteiger partial charge in [-0.1, -0.05) is 6.07 Å². The highest BCUT2D eigenvalue weighted by Crippen LogP contribution is 2.49. The second-order valence-corrected chi connectivity index (χ2v) is 7.22. The van der Waals surface area contributed by atoms with Crippen molar-refractivity contribution >= 4 is 0 Å². The molecule has 0 aliphatic carbocycles. The summed E-state index contributed by atoms with van der Waals surface area (Å²) in [7, 11) is 0. The highest BCUT2D eigenvalue weighted by molar-refractivity contribution is 5.47. The van der Waals surface area contributed by atoms with Crippen LogP contribution in [0, 0.1) is 0 Å². The van der Waals surface area contributed by atoms with Gasteiger partial charge in [0, 0.05) is 17.3 Å². The van der Waals surface area contributed by atoms with E-state index in [2.05, 4.69) is 4.98 Å². The molecule has 1 unspecified atom stereocenters. The highest BCUT2D eigenvalue weighted by atomic mass is 19.4. The lowest BCUT2D eigenvalue weighted by atomic mass is 9.82. The summed E-state index contributed by atoms with van der Waals surface area (Å²) < 4.78 is 72.0. The van der Waals surface area contributed by atoms with Crippen molar-refractivity contribution in [3.05, 3.63) is 59.4 Å². The molecule has 3 nitrogen and oxygen atoms in total. The molecule has 0 saturated heterocycles. The van der Waals surface area contributed by atoms with E-state index in [1.54, 1.807) is 26.0 Å². The van der Waals surface area contributed by atoms with Crippen LogP contribution in [0.25, 0.3) is 0 Å². The molecule has 1 N–H and O–H groups in total. The lowest BCUT2D eigenvalue weighted by molar-refractivity contribution is -0.289. The number of hydrogen-bond acceptors (Lipinski definition) is 3. The van der Waals surface area contributed by atoms with Crippen molar-refractivity contribution < 1.29 is 31.8 Å². The van der Waals surface area contributed by atoms with Gasteiger partial charge in [0.2, 0.25) is 0 Å². The smallest absolute Gasteiger partial charge is 0.458 e. The van der Waals surface area contributed by atoms with Crippen LogP contribution in [-0.4, -0.2) is 21.9 Å². The van der Waals surface area contributed by atoms with Crippen LogP contribution >= 0.6 is 0 Å². The number of hydrogen-bond donors (Lipinski definition) is 1. The third-order valence-electron chi connectivity index (χ3n) is 4.71. The first kappa shape index (κ1) is 19.5.